The average molecular weight is 804 g/mol. The molecule has 0 radical (unpaired) electrons. The van der Waals surface area contributed by atoms with E-state index >= 15 is 0 Å². The standard InChI is InChI=1S/C61H41NO/c1-61(2)54-23-7-5-18-53(54)59-55(61)24-12-25-56(59)62(42-33-31-40(32-34-42)45-19-10-22-52-48-17-6-8-26-57(48)63-60(45)52)43-14-9-13-41(37-43)38-27-29-39(30-28-38)44-35-36-51-47-16-4-3-15-46(47)50-21-11-20-49(44)58(50)51/h3-37H,1-2H3. The maximum absolute atomic E-state index is 6.48. The molecule has 0 saturated heterocycles. The molecule has 13 rings (SSSR count). The van der Waals surface area contributed by atoms with Crippen molar-refractivity contribution in [3.63, 3.8) is 0 Å². The van der Waals surface area contributed by atoms with Crippen LogP contribution < -0.4 is 4.90 Å². The largest absolute Gasteiger partial charge is 0.455 e. The quantitative estimate of drug-likeness (QED) is 0.166. The first kappa shape index (κ1) is 35.8. The summed E-state index contributed by atoms with van der Waals surface area (Å²) >= 11 is 0. The molecule has 0 unspecified atom stereocenters. The highest BCUT2D eigenvalue weighted by atomic mass is 16.3. The molecule has 0 fully saturated rings. The van der Waals surface area contributed by atoms with E-state index in [4.69, 9.17) is 4.42 Å². The highest BCUT2D eigenvalue weighted by Crippen LogP contribution is 2.55. The molecule has 0 amide bonds. The van der Waals surface area contributed by atoms with Crippen molar-refractivity contribution < 1.29 is 4.42 Å². The number of furan rings is 1. The second-order valence-electron chi connectivity index (χ2n) is 17.6. The third kappa shape index (κ3) is 5.31. The van der Waals surface area contributed by atoms with Crippen molar-refractivity contribution in [1.82, 2.24) is 0 Å². The molecule has 10 aromatic carbocycles. The fourth-order valence-electron chi connectivity index (χ4n) is 10.8. The number of para-hydroxylation sites is 2. The Hall–Kier alpha value is -7.94. The predicted octanol–water partition coefficient (Wildman–Crippen LogP) is 17.2. The van der Waals surface area contributed by atoms with Crippen molar-refractivity contribution in [2.75, 3.05) is 4.90 Å². The summed E-state index contributed by atoms with van der Waals surface area (Å²) in [7, 11) is 0. The van der Waals surface area contributed by atoms with Gasteiger partial charge in [-0.15, -0.1) is 0 Å². The normalized spacial score (nSPS) is 13.0. The summed E-state index contributed by atoms with van der Waals surface area (Å²) in [5.41, 5.74) is 22.7. The zero-order valence-electron chi connectivity index (χ0n) is 35.1. The van der Waals surface area contributed by atoms with Crippen molar-refractivity contribution in [1.29, 1.82) is 0 Å². The zero-order valence-corrected chi connectivity index (χ0v) is 35.1. The summed E-state index contributed by atoms with van der Waals surface area (Å²) in [6.45, 7) is 4.71. The van der Waals surface area contributed by atoms with Crippen LogP contribution in [0.1, 0.15) is 25.0 Å². The van der Waals surface area contributed by atoms with Gasteiger partial charge in [-0.3, -0.25) is 0 Å². The van der Waals surface area contributed by atoms with E-state index in [1.807, 2.05) is 12.1 Å². The van der Waals surface area contributed by atoms with Gasteiger partial charge in [0.05, 0.1) is 5.69 Å². The third-order valence-electron chi connectivity index (χ3n) is 13.8. The van der Waals surface area contributed by atoms with Gasteiger partial charge >= 0.3 is 0 Å². The minimum atomic E-state index is -0.124. The summed E-state index contributed by atoms with van der Waals surface area (Å²) in [5, 5.41) is 4.93. The molecule has 0 atom stereocenters. The molecule has 2 aliphatic carbocycles. The second-order valence-corrected chi connectivity index (χ2v) is 17.6. The maximum Gasteiger partial charge on any atom is 0.143 e. The molecule has 296 valence electrons. The maximum atomic E-state index is 6.48. The van der Waals surface area contributed by atoms with Crippen LogP contribution in [0.25, 0.3) is 99.5 Å². The molecule has 63 heavy (non-hydrogen) atoms. The first-order chi connectivity index (χ1) is 31.0. The van der Waals surface area contributed by atoms with Crippen molar-refractivity contribution in [3.8, 4) is 66.8 Å². The van der Waals surface area contributed by atoms with Gasteiger partial charge in [-0.25, -0.2) is 0 Å². The van der Waals surface area contributed by atoms with E-state index in [9.17, 15) is 0 Å². The van der Waals surface area contributed by atoms with Gasteiger partial charge in [0.2, 0.25) is 0 Å². The molecular formula is C61H41NO. The van der Waals surface area contributed by atoms with Crippen LogP contribution in [0.4, 0.5) is 17.1 Å². The van der Waals surface area contributed by atoms with Gasteiger partial charge in [0, 0.05) is 38.7 Å². The minimum absolute atomic E-state index is 0.124. The van der Waals surface area contributed by atoms with Crippen molar-refractivity contribution in [3.05, 3.63) is 223 Å². The second kappa shape index (κ2) is 13.5. The molecule has 1 heterocycles. The van der Waals surface area contributed by atoms with Crippen molar-refractivity contribution in [2.45, 2.75) is 19.3 Å². The molecule has 0 spiro atoms. The average Bonchev–Trinajstić information content (AvgIpc) is 3.96. The van der Waals surface area contributed by atoms with Crippen LogP contribution in [0, 0.1) is 0 Å². The molecule has 0 saturated carbocycles. The molecule has 0 N–H and O–H groups in total. The zero-order chi connectivity index (χ0) is 41.8. The van der Waals surface area contributed by atoms with Crippen LogP contribution in [0.2, 0.25) is 0 Å². The van der Waals surface area contributed by atoms with Gasteiger partial charge in [-0.05, 0) is 114 Å². The Morgan fingerprint density at radius 3 is 1.76 bits per heavy atom. The van der Waals surface area contributed by atoms with E-state index in [0.29, 0.717) is 0 Å². The number of fused-ring (bicyclic) bond motifs is 9. The van der Waals surface area contributed by atoms with Gasteiger partial charge in [-0.2, -0.15) is 0 Å². The number of anilines is 3. The van der Waals surface area contributed by atoms with Crippen molar-refractivity contribution in [2.24, 2.45) is 0 Å². The van der Waals surface area contributed by atoms with E-state index in [1.54, 1.807) is 0 Å². The summed E-state index contributed by atoms with van der Waals surface area (Å²) in [6, 6.07) is 77.8. The summed E-state index contributed by atoms with van der Waals surface area (Å²) < 4.78 is 6.48. The van der Waals surface area contributed by atoms with E-state index in [0.717, 1.165) is 44.4 Å². The van der Waals surface area contributed by atoms with Crippen LogP contribution in [0.15, 0.2) is 217 Å². The Labute approximate surface area is 367 Å². The minimum Gasteiger partial charge on any atom is -0.455 e. The summed E-state index contributed by atoms with van der Waals surface area (Å²) in [5.74, 6) is 0. The molecule has 2 aliphatic rings. The van der Waals surface area contributed by atoms with Crippen LogP contribution in [0.5, 0.6) is 0 Å². The lowest BCUT2D eigenvalue weighted by molar-refractivity contribution is 0.660. The Kier molecular flexibility index (Phi) is 7.68. The van der Waals surface area contributed by atoms with Gasteiger partial charge in [0.15, 0.2) is 0 Å². The lowest BCUT2D eigenvalue weighted by atomic mass is 9.82. The van der Waals surface area contributed by atoms with E-state index in [-0.39, 0.29) is 5.41 Å². The highest BCUT2D eigenvalue weighted by molar-refractivity contribution is 6.18. The molecule has 11 aromatic rings. The van der Waals surface area contributed by atoms with Crippen LogP contribution in [-0.4, -0.2) is 0 Å². The Morgan fingerprint density at radius 1 is 0.365 bits per heavy atom. The third-order valence-corrected chi connectivity index (χ3v) is 13.8. The molecule has 0 aliphatic heterocycles. The Balaban J connectivity index is 0.921. The Morgan fingerprint density at radius 2 is 0.937 bits per heavy atom. The van der Waals surface area contributed by atoms with Gasteiger partial charge in [0.1, 0.15) is 11.2 Å². The topological polar surface area (TPSA) is 16.4 Å². The summed E-state index contributed by atoms with van der Waals surface area (Å²) in [6.07, 6.45) is 0. The number of rotatable bonds is 6. The predicted molar refractivity (Wildman–Crippen MR) is 264 cm³/mol. The fraction of sp³-hybridized carbons (Fsp3) is 0.0492. The number of hydrogen-bond donors (Lipinski definition) is 0. The van der Waals surface area contributed by atoms with E-state index in [2.05, 4.69) is 219 Å². The Bertz CT molecular complexity index is 3610. The molecule has 2 heteroatoms. The molecule has 0 bridgehead atoms. The molecular weight excluding hydrogens is 763 g/mol. The number of nitrogens with zero attached hydrogens (tertiary/aromatic N) is 1. The molecule has 1 aromatic heterocycles. The van der Waals surface area contributed by atoms with Gasteiger partial charge in [-0.1, -0.05) is 190 Å². The van der Waals surface area contributed by atoms with E-state index in [1.165, 1.54) is 83.2 Å². The van der Waals surface area contributed by atoms with Gasteiger partial charge < -0.3 is 9.32 Å². The lowest BCUT2D eigenvalue weighted by Gasteiger charge is -2.29. The fourth-order valence-corrected chi connectivity index (χ4v) is 10.8. The number of benzene rings is 10. The SMILES string of the molecule is CC1(C)c2ccccc2-c2c(N(c3ccc(-c4cccc5c4oc4ccccc45)cc3)c3cccc(-c4ccc(-c5ccc6c7c(cccc57)-c5ccccc5-6)cc4)c3)cccc21. The van der Waals surface area contributed by atoms with Crippen LogP contribution in [0.3, 0.4) is 0 Å². The van der Waals surface area contributed by atoms with Crippen LogP contribution >= 0.6 is 0 Å². The van der Waals surface area contributed by atoms with Gasteiger partial charge in [0.25, 0.3) is 0 Å². The van der Waals surface area contributed by atoms with Crippen LogP contribution in [-0.2, 0) is 5.41 Å². The smallest absolute Gasteiger partial charge is 0.143 e. The van der Waals surface area contributed by atoms with E-state index < -0.39 is 0 Å². The lowest BCUT2D eigenvalue weighted by Crippen LogP contribution is -2.16. The highest BCUT2D eigenvalue weighted by Gasteiger charge is 2.37. The number of hydrogen-bond acceptors (Lipinski definition) is 2. The first-order valence-corrected chi connectivity index (χ1v) is 21.9. The first-order valence-electron chi connectivity index (χ1n) is 21.9. The molecule has 2 nitrogen and oxygen atoms in total. The van der Waals surface area contributed by atoms with Crippen molar-refractivity contribution >= 4 is 49.8 Å². The monoisotopic (exact) mass is 803 g/mol. The summed E-state index contributed by atoms with van der Waals surface area (Å²) in [4.78, 5) is 2.45.